The fraction of sp³-hybridized carbons (Fsp3) is 0.0385. The highest BCUT2D eigenvalue weighted by atomic mass is 16.5. The summed E-state index contributed by atoms with van der Waals surface area (Å²) in [6.45, 7) is 0. The molecule has 0 saturated carbocycles. The summed E-state index contributed by atoms with van der Waals surface area (Å²) in [4.78, 5) is 13.0. The maximum Gasteiger partial charge on any atom is 0.339 e. The van der Waals surface area contributed by atoms with E-state index in [2.05, 4.69) is 42.5 Å². The van der Waals surface area contributed by atoms with Crippen molar-refractivity contribution in [3.63, 3.8) is 0 Å². The second-order valence-electron chi connectivity index (χ2n) is 6.86. The summed E-state index contributed by atoms with van der Waals surface area (Å²) in [5.74, 6) is -0.315. The Morgan fingerprint density at radius 2 is 1.14 bits per heavy atom. The third kappa shape index (κ3) is 2.39. The Balaban J connectivity index is 2.06. The van der Waals surface area contributed by atoms with Crippen molar-refractivity contribution in [3.8, 4) is 11.1 Å². The summed E-state index contributed by atoms with van der Waals surface area (Å²) >= 11 is 0. The van der Waals surface area contributed by atoms with Crippen LogP contribution >= 0.6 is 0 Å². The minimum atomic E-state index is -0.315. The lowest BCUT2D eigenvalue weighted by Gasteiger charge is -2.17. The van der Waals surface area contributed by atoms with Crippen LogP contribution in [0.3, 0.4) is 0 Å². The van der Waals surface area contributed by atoms with Crippen molar-refractivity contribution < 1.29 is 9.53 Å². The molecule has 0 amide bonds. The van der Waals surface area contributed by atoms with Crippen molar-refractivity contribution >= 4 is 38.3 Å². The van der Waals surface area contributed by atoms with Crippen LogP contribution < -0.4 is 0 Å². The van der Waals surface area contributed by atoms with Crippen LogP contribution in [0.25, 0.3) is 43.4 Å². The van der Waals surface area contributed by atoms with Crippen molar-refractivity contribution in [1.29, 1.82) is 0 Å². The van der Waals surface area contributed by atoms with E-state index in [0.717, 1.165) is 43.4 Å². The van der Waals surface area contributed by atoms with Gasteiger partial charge in [0.25, 0.3) is 0 Å². The Hall–Kier alpha value is -3.65. The van der Waals surface area contributed by atoms with Gasteiger partial charge < -0.3 is 4.74 Å². The third-order valence-corrected chi connectivity index (χ3v) is 5.38. The lowest BCUT2D eigenvalue weighted by atomic mass is 9.86. The summed E-state index contributed by atoms with van der Waals surface area (Å²) in [5, 5.41) is 6.42. The molecule has 5 aromatic carbocycles. The molecule has 0 fully saturated rings. The van der Waals surface area contributed by atoms with Gasteiger partial charge in [-0.1, -0.05) is 91.0 Å². The summed E-state index contributed by atoms with van der Waals surface area (Å²) in [6, 6.07) is 30.8. The molecule has 0 atom stereocenters. The molecule has 0 aliphatic rings. The van der Waals surface area contributed by atoms with Gasteiger partial charge in [0.1, 0.15) is 0 Å². The molecule has 2 nitrogen and oxygen atoms in total. The van der Waals surface area contributed by atoms with E-state index in [-0.39, 0.29) is 5.97 Å². The van der Waals surface area contributed by atoms with Crippen molar-refractivity contribution in [2.24, 2.45) is 0 Å². The Labute approximate surface area is 163 Å². The van der Waals surface area contributed by atoms with Gasteiger partial charge in [0, 0.05) is 5.56 Å². The number of rotatable bonds is 2. The van der Waals surface area contributed by atoms with Crippen LogP contribution in [0, 0.1) is 0 Å². The lowest BCUT2D eigenvalue weighted by Crippen LogP contribution is -2.06. The molecule has 0 heterocycles. The molecule has 0 unspecified atom stereocenters. The highest BCUT2D eigenvalue weighted by Crippen LogP contribution is 2.41. The molecule has 5 aromatic rings. The van der Waals surface area contributed by atoms with Gasteiger partial charge in [0.15, 0.2) is 0 Å². The van der Waals surface area contributed by atoms with Crippen molar-refractivity contribution in [2.75, 3.05) is 7.11 Å². The predicted molar refractivity (Wildman–Crippen MR) is 116 cm³/mol. The zero-order chi connectivity index (χ0) is 19.1. The molecule has 2 heteroatoms. The van der Waals surface area contributed by atoms with E-state index in [9.17, 15) is 4.79 Å². The first-order valence-electron chi connectivity index (χ1n) is 9.29. The maximum absolute atomic E-state index is 13.0. The zero-order valence-electron chi connectivity index (χ0n) is 15.5. The Morgan fingerprint density at radius 1 is 0.607 bits per heavy atom. The van der Waals surface area contributed by atoms with Crippen molar-refractivity contribution in [3.05, 3.63) is 96.6 Å². The van der Waals surface area contributed by atoms with E-state index >= 15 is 0 Å². The van der Waals surface area contributed by atoms with E-state index < -0.39 is 0 Å². The highest BCUT2D eigenvalue weighted by molar-refractivity contribution is 6.24. The highest BCUT2D eigenvalue weighted by Gasteiger charge is 2.22. The van der Waals surface area contributed by atoms with Gasteiger partial charge in [-0.3, -0.25) is 0 Å². The number of esters is 1. The molecule has 0 radical (unpaired) electrons. The van der Waals surface area contributed by atoms with Crippen molar-refractivity contribution in [1.82, 2.24) is 0 Å². The van der Waals surface area contributed by atoms with Gasteiger partial charge in [-0.15, -0.1) is 0 Å². The van der Waals surface area contributed by atoms with E-state index in [1.165, 1.54) is 7.11 Å². The number of benzene rings is 5. The second-order valence-corrected chi connectivity index (χ2v) is 6.86. The fourth-order valence-electron chi connectivity index (χ4n) is 4.18. The first-order chi connectivity index (χ1) is 13.8. The first kappa shape index (κ1) is 16.5. The number of carbonyl (C=O) groups is 1. The second kappa shape index (κ2) is 6.50. The lowest BCUT2D eigenvalue weighted by molar-refractivity contribution is 0.0604. The van der Waals surface area contributed by atoms with Crippen LogP contribution in [0.2, 0.25) is 0 Å². The molecule has 0 aliphatic heterocycles. The summed E-state index contributed by atoms with van der Waals surface area (Å²) < 4.78 is 5.23. The summed E-state index contributed by atoms with van der Waals surface area (Å²) in [5.41, 5.74) is 2.59. The average Bonchev–Trinajstić information content (AvgIpc) is 2.77. The summed E-state index contributed by atoms with van der Waals surface area (Å²) in [6.07, 6.45) is 0. The molecule has 134 valence electrons. The SMILES string of the molecule is COC(=O)c1c(-c2cccc3ccccc23)c2ccccc2c2ccccc12. The topological polar surface area (TPSA) is 26.3 Å². The molecule has 0 saturated heterocycles. The number of ether oxygens (including phenoxy) is 1. The number of hydrogen-bond donors (Lipinski definition) is 0. The normalized spacial score (nSPS) is 11.2. The molecule has 0 N–H and O–H groups in total. The van der Waals surface area contributed by atoms with Crippen LogP contribution in [0.4, 0.5) is 0 Å². The first-order valence-corrected chi connectivity index (χ1v) is 9.29. The largest absolute Gasteiger partial charge is 0.465 e. The van der Waals surface area contributed by atoms with Crippen LogP contribution in [0.15, 0.2) is 91.0 Å². The van der Waals surface area contributed by atoms with Gasteiger partial charge in [-0.05, 0) is 37.9 Å². The van der Waals surface area contributed by atoms with E-state index in [0.29, 0.717) is 5.56 Å². The maximum atomic E-state index is 13.0. The standard InChI is InChI=1S/C26H18O2/c1-28-26(27)25-23-15-7-5-13-20(23)19-12-4-6-14-22(19)24(25)21-16-8-10-17-9-2-3-11-18(17)21/h2-16H,1H3. The fourth-order valence-corrected chi connectivity index (χ4v) is 4.18. The Bertz CT molecular complexity index is 1360. The van der Waals surface area contributed by atoms with Gasteiger partial charge in [0.05, 0.1) is 12.7 Å². The molecule has 0 aromatic heterocycles. The average molecular weight is 362 g/mol. The van der Waals surface area contributed by atoms with E-state index in [4.69, 9.17) is 4.74 Å². The van der Waals surface area contributed by atoms with Gasteiger partial charge in [-0.2, -0.15) is 0 Å². The van der Waals surface area contributed by atoms with Crippen LogP contribution in [-0.4, -0.2) is 13.1 Å². The zero-order valence-corrected chi connectivity index (χ0v) is 15.5. The van der Waals surface area contributed by atoms with Crippen molar-refractivity contribution in [2.45, 2.75) is 0 Å². The van der Waals surface area contributed by atoms with Crippen LogP contribution in [-0.2, 0) is 4.74 Å². The minimum Gasteiger partial charge on any atom is -0.465 e. The smallest absolute Gasteiger partial charge is 0.339 e. The number of hydrogen-bond acceptors (Lipinski definition) is 2. The molecule has 0 spiro atoms. The third-order valence-electron chi connectivity index (χ3n) is 5.38. The molecule has 0 bridgehead atoms. The Kier molecular flexibility index (Phi) is 3.84. The molecule has 28 heavy (non-hydrogen) atoms. The monoisotopic (exact) mass is 362 g/mol. The quantitative estimate of drug-likeness (QED) is 0.261. The number of fused-ring (bicyclic) bond motifs is 4. The minimum absolute atomic E-state index is 0.315. The van der Waals surface area contributed by atoms with E-state index in [1.807, 2.05) is 48.5 Å². The predicted octanol–water partition coefficient (Wildman–Crippen LogP) is 6.60. The van der Waals surface area contributed by atoms with Crippen LogP contribution in [0.1, 0.15) is 10.4 Å². The molecular weight excluding hydrogens is 344 g/mol. The Morgan fingerprint density at radius 3 is 1.86 bits per heavy atom. The number of carbonyl (C=O) groups excluding carboxylic acids is 1. The van der Waals surface area contributed by atoms with Crippen LogP contribution in [0.5, 0.6) is 0 Å². The molecule has 5 rings (SSSR count). The summed E-state index contributed by atoms with van der Waals surface area (Å²) in [7, 11) is 1.44. The number of methoxy groups -OCH3 is 1. The molecular formula is C26H18O2. The van der Waals surface area contributed by atoms with Gasteiger partial charge >= 0.3 is 5.97 Å². The molecule has 0 aliphatic carbocycles. The van der Waals surface area contributed by atoms with E-state index in [1.54, 1.807) is 0 Å². The van der Waals surface area contributed by atoms with Gasteiger partial charge in [-0.25, -0.2) is 4.79 Å². The van der Waals surface area contributed by atoms with Gasteiger partial charge in [0.2, 0.25) is 0 Å².